The molecule has 5 heteroatoms. The number of nitrogens with zero attached hydrogens (tertiary/aromatic N) is 3. The van der Waals surface area contributed by atoms with Gasteiger partial charge in [0.1, 0.15) is 0 Å². The van der Waals surface area contributed by atoms with Gasteiger partial charge in [-0.1, -0.05) is 13.8 Å². The minimum atomic E-state index is 0.343. The fraction of sp³-hybridized carbons (Fsp3) is 0.800. The average Bonchev–Trinajstić information content (AvgIpc) is 3.19. The monoisotopic (exact) mass is 280 g/mol. The summed E-state index contributed by atoms with van der Waals surface area (Å²) in [5.74, 6) is 2.17. The fourth-order valence-electron chi connectivity index (χ4n) is 2.84. The molecule has 1 fully saturated rings. The maximum Gasteiger partial charge on any atom is 0.150 e. The van der Waals surface area contributed by atoms with E-state index in [4.69, 9.17) is 10.5 Å². The molecule has 0 spiro atoms. The second-order valence-electron chi connectivity index (χ2n) is 6.17. The van der Waals surface area contributed by atoms with Crippen LogP contribution in [0.15, 0.2) is 0 Å². The summed E-state index contributed by atoms with van der Waals surface area (Å²) in [6.07, 6.45) is 2.64. The van der Waals surface area contributed by atoms with Crippen LogP contribution in [0, 0.1) is 5.92 Å². The van der Waals surface area contributed by atoms with Crippen molar-refractivity contribution in [3.63, 3.8) is 0 Å². The molecular weight excluding hydrogens is 252 g/mol. The van der Waals surface area contributed by atoms with E-state index in [1.54, 1.807) is 7.11 Å². The molecule has 1 aromatic heterocycles. The van der Waals surface area contributed by atoms with Crippen LogP contribution in [-0.2, 0) is 11.8 Å². The van der Waals surface area contributed by atoms with Crippen LogP contribution in [-0.4, -0.2) is 36.1 Å². The van der Waals surface area contributed by atoms with Gasteiger partial charge in [0, 0.05) is 26.7 Å². The normalized spacial score (nSPS) is 16.7. The van der Waals surface area contributed by atoms with Crippen molar-refractivity contribution in [2.24, 2.45) is 13.0 Å². The molecule has 0 saturated heterocycles. The first kappa shape index (κ1) is 15.2. The Balaban J connectivity index is 2.31. The number of hydrogen-bond acceptors (Lipinski definition) is 4. The minimum Gasteiger partial charge on any atom is -0.394 e. The van der Waals surface area contributed by atoms with Crippen LogP contribution in [0.3, 0.4) is 0 Å². The molecule has 1 atom stereocenters. The van der Waals surface area contributed by atoms with Gasteiger partial charge in [-0.3, -0.25) is 4.68 Å². The first-order chi connectivity index (χ1) is 9.47. The Morgan fingerprint density at radius 2 is 2.05 bits per heavy atom. The predicted octanol–water partition coefficient (Wildman–Crippen LogP) is 2.38. The highest BCUT2D eigenvalue weighted by Gasteiger charge is 2.34. The summed E-state index contributed by atoms with van der Waals surface area (Å²) in [5.41, 5.74) is 8.19. The number of nitrogens with two attached hydrogens (primary N) is 1. The molecule has 1 unspecified atom stereocenters. The van der Waals surface area contributed by atoms with Crippen LogP contribution < -0.4 is 10.6 Å². The van der Waals surface area contributed by atoms with E-state index in [0.717, 1.165) is 29.7 Å². The third-order valence-corrected chi connectivity index (χ3v) is 4.23. The summed E-state index contributed by atoms with van der Waals surface area (Å²) >= 11 is 0. The lowest BCUT2D eigenvalue weighted by Crippen LogP contribution is -2.39. The van der Waals surface area contributed by atoms with Crippen molar-refractivity contribution in [1.29, 1.82) is 0 Å². The Labute approximate surface area is 122 Å². The zero-order valence-electron chi connectivity index (χ0n) is 13.4. The lowest BCUT2D eigenvalue weighted by molar-refractivity contribution is 0.202. The molecule has 0 radical (unpaired) electrons. The summed E-state index contributed by atoms with van der Waals surface area (Å²) < 4.78 is 7.20. The lowest BCUT2D eigenvalue weighted by atomic mass is 10.1. The van der Waals surface area contributed by atoms with Crippen molar-refractivity contribution in [1.82, 2.24) is 9.78 Å². The number of methoxy groups -OCH3 is 1. The molecule has 0 aliphatic heterocycles. The van der Waals surface area contributed by atoms with Crippen molar-refractivity contribution in [3.8, 4) is 0 Å². The fourth-order valence-corrected chi connectivity index (χ4v) is 2.84. The number of aromatic nitrogens is 2. The Morgan fingerprint density at radius 3 is 2.50 bits per heavy atom. The highest BCUT2D eigenvalue weighted by atomic mass is 16.5. The van der Waals surface area contributed by atoms with E-state index in [1.807, 2.05) is 11.7 Å². The average molecular weight is 280 g/mol. The number of ether oxygens (including phenoxy) is 1. The first-order valence-electron chi connectivity index (χ1n) is 7.55. The van der Waals surface area contributed by atoms with E-state index < -0.39 is 0 Å². The predicted molar refractivity (Wildman–Crippen MR) is 83.1 cm³/mol. The summed E-state index contributed by atoms with van der Waals surface area (Å²) in [7, 11) is 3.73. The third-order valence-electron chi connectivity index (χ3n) is 4.23. The minimum absolute atomic E-state index is 0.343. The van der Waals surface area contributed by atoms with Crippen LogP contribution in [0.4, 0.5) is 11.5 Å². The van der Waals surface area contributed by atoms with Gasteiger partial charge >= 0.3 is 0 Å². The number of anilines is 2. The SMILES string of the molecule is COCCN(c1c(N)c(C(C)C)nn1C)C(C)C1CC1. The second kappa shape index (κ2) is 6.04. The number of nitrogen functional groups attached to an aromatic ring is 1. The molecule has 2 N–H and O–H groups in total. The number of rotatable bonds is 7. The van der Waals surface area contributed by atoms with Gasteiger partial charge in [0.15, 0.2) is 5.82 Å². The van der Waals surface area contributed by atoms with Gasteiger partial charge in [-0.2, -0.15) is 5.10 Å². The van der Waals surface area contributed by atoms with Gasteiger partial charge in [-0.25, -0.2) is 0 Å². The van der Waals surface area contributed by atoms with Crippen molar-refractivity contribution in [2.45, 2.75) is 45.6 Å². The van der Waals surface area contributed by atoms with E-state index >= 15 is 0 Å². The molecule has 2 rings (SSSR count). The van der Waals surface area contributed by atoms with Gasteiger partial charge in [-0.05, 0) is 31.6 Å². The van der Waals surface area contributed by atoms with Crippen LogP contribution in [0.5, 0.6) is 0 Å². The van der Waals surface area contributed by atoms with E-state index in [9.17, 15) is 0 Å². The Hall–Kier alpha value is -1.23. The highest BCUT2D eigenvalue weighted by Crippen LogP contribution is 2.39. The quantitative estimate of drug-likeness (QED) is 0.833. The Bertz CT molecular complexity index is 451. The van der Waals surface area contributed by atoms with Crippen LogP contribution in [0.2, 0.25) is 0 Å². The molecule has 1 aromatic rings. The van der Waals surface area contributed by atoms with Crippen molar-refractivity contribution in [3.05, 3.63) is 5.69 Å². The molecule has 0 bridgehead atoms. The molecule has 1 aliphatic carbocycles. The smallest absolute Gasteiger partial charge is 0.150 e. The second-order valence-corrected chi connectivity index (χ2v) is 6.17. The highest BCUT2D eigenvalue weighted by molar-refractivity contribution is 5.67. The van der Waals surface area contributed by atoms with Crippen molar-refractivity contribution < 1.29 is 4.74 Å². The van der Waals surface area contributed by atoms with Gasteiger partial charge in [-0.15, -0.1) is 0 Å². The van der Waals surface area contributed by atoms with E-state index in [0.29, 0.717) is 18.6 Å². The van der Waals surface area contributed by atoms with E-state index in [-0.39, 0.29) is 0 Å². The maximum atomic E-state index is 6.37. The van der Waals surface area contributed by atoms with Gasteiger partial charge < -0.3 is 15.4 Å². The summed E-state index contributed by atoms with van der Waals surface area (Å²) in [6.45, 7) is 8.11. The molecule has 0 aromatic carbocycles. The summed E-state index contributed by atoms with van der Waals surface area (Å²) in [4.78, 5) is 2.37. The molecule has 1 heterocycles. The topological polar surface area (TPSA) is 56.3 Å². The molecule has 1 aliphatic rings. The standard InChI is InChI=1S/C15H28N4O/c1-10(2)14-13(16)15(18(4)17-14)19(8-9-20-5)11(3)12-6-7-12/h10-12H,6-9,16H2,1-5H3. The van der Waals surface area contributed by atoms with E-state index in [2.05, 4.69) is 30.8 Å². The summed E-state index contributed by atoms with van der Waals surface area (Å²) in [6, 6.07) is 0.489. The van der Waals surface area contributed by atoms with Crippen LogP contribution in [0.1, 0.15) is 45.2 Å². The molecule has 1 saturated carbocycles. The lowest BCUT2D eigenvalue weighted by Gasteiger charge is -2.31. The zero-order valence-corrected chi connectivity index (χ0v) is 13.4. The first-order valence-corrected chi connectivity index (χ1v) is 7.55. The van der Waals surface area contributed by atoms with Crippen LogP contribution >= 0.6 is 0 Å². The van der Waals surface area contributed by atoms with Crippen molar-refractivity contribution >= 4 is 11.5 Å². The van der Waals surface area contributed by atoms with Gasteiger partial charge in [0.05, 0.1) is 18.0 Å². The molecule has 5 nitrogen and oxygen atoms in total. The molecule has 0 amide bonds. The van der Waals surface area contributed by atoms with Crippen LogP contribution in [0.25, 0.3) is 0 Å². The molecular formula is C15H28N4O. The summed E-state index contributed by atoms with van der Waals surface area (Å²) in [5, 5.41) is 4.61. The van der Waals surface area contributed by atoms with Gasteiger partial charge in [0.2, 0.25) is 0 Å². The largest absolute Gasteiger partial charge is 0.394 e. The third kappa shape index (κ3) is 2.92. The van der Waals surface area contributed by atoms with Crippen molar-refractivity contribution in [2.75, 3.05) is 30.9 Å². The zero-order chi connectivity index (χ0) is 14.9. The Morgan fingerprint density at radius 1 is 1.40 bits per heavy atom. The number of aryl methyl sites for hydroxylation is 1. The Kier molecular flexibility index (Phi) is 4.58. The molecule has 20 heavy (non-hydrogen) atoms. The number of hydrogen-bond donors (Lipinski definition) is 1. The van der Waals surface area contributed by atoms with E-state index in [1.165, 1.54) is 12.8 Å². The molecule has 114 valence electrons. The maximum absolute atomic E-state index is 6.37. The van der Waals surface area contributed by atoms with Gasteiger partial charge in [0.25, 0.3) is 0 Å².